The lowest BCUT2D eigenvalue weighted by Gasteiger charge is -2.17. The minimum absolute atomic E-state index is 0.0205. The van der Waals surface area contributed by atoms with Crippen LogP contribution in [-0.4, -0.2) is 29.4 Å². The summed E-state index contributed by atoms with van der Waals surface area (Å²) in [4.78, 5) is 18.4. The molecule has 0 spiro atoms. The number of amides is 1. The van der Waals surface area contributed by atoms with Crippen LogP contribution < -0.4 is 5.32 Å². The zero-order chi connectivity index (χ0) is 13.9. The standard InChI is InChI=1S/C16H17N3O/c1-19(11-14-4-2-3-8-17-14)16(20)13-6-5-12-7-9-18-15(12)10-13/h2-6,8,10,18H,7,9,11H2,1H3. The van der Waals surface area contributed by atoms with Crippen molar-refractivity contribution in [3.63, 3.8) is 0 Å². The molecule has 1 aliphatic rings. The summed E-state index contributed by atoms with van der Waals surface area (Å²) in [5.74, 6) is 0.0205. The fraction of sp³-hybridized carbons (Fsp3) is 0.250. The highest BCUT2D eigenvalue weighted by Gasteiger charge is 2.16. The first kappa shape index (κ1) is 12.7. The first-order valence-electron chi connectivity index (χ1n) is 6.76. The van der Waals surface area contributed by atoms with Crippen molar-refractivity contribution in [2.75, 3.05) is 18.9 Å². The van der Waals surface area contributed by atoms with Gasteiger partial charge in [-0.25, -0.2) is 0 Å². The molecule has 1 aromatic heterocycles. The Morgan fingerprint density at radius 1 is 1.35 bits per heavy atom. The van der Waals surface area contributed by atoms with E-state index in [1.807, 2.05) is 36.4 Å². The van der Waals surface area contributed by atoms with E-state index in [1.54, 1.807) is 18.1 Å². The number of aromatic nitrogens is 1. The van der Waals surface area contributed by atoms with Crippen molar-refractivity contribution < 1.29 is 4.79 Å². The van der Waals surface area contributed by atoms with Crippen LogP contribution in [0, 0.1) is 0 Å². The number of anilines is 1. The van der Waals surface area contributed by atoms with Crippen LogP contribution in [0.4, 0.5) is 5.69 Å². The van der Waals surface area contributed by atoms with Crippen LogP contribution in [0.1, 0.15) is 21.6 Å². The lowest BCUT2D eigenvalue weighted by atomic mass is 10.1. The Morgan fingerprint density at radius 2 is 2.25 bits per heavy atom. The Kier molecular flexibility index (Phi) is 3.37. The molecule has 0 saturated carbocycles. The smallest absolute Gasteiger partial charge is 0.254 e. The van der Waals surface area contributed by atoms with Gasteiger partial charge in [0.15, 0.2) is 0 Å². The molecule has 2 aromatic rings. The molecule has 0 saturated heterocycles. The van der Waals surface area contributed by atoms with Gasteiger partial charge >= 0.3 is 0 Å². The Balaban J connectivity index is 1.75. The molecular formula is C16H17N3O. The fourth-order valence-electron chi connectivity index (χ4n) is 2.45. The van der Waals surface area contributed by atoms with E-state index in [4.69, 9.17) is 0 Å². The summed E-state index contributed by atoms with van der Waals surface area (Å²) >= 11 is 0. The van der Waals surface area contributed by atoms with Crippen molar-refractivity contribution in [3.05, 3.63) is 59.4 Å². The lowest BCUT2D eigenvalue weighted by molar-refractivity contribution is 0.0783. The number of benzene rings is 1. The van der Waals surface area contributed by atoms with Gasteiger partial charge in [-0.15, -0.1) is 0 Å². The summed E-state index contributed by atoms with van der Waals surface area (Å²) < 4.78 is 0. The maximum Gasteiger partial charge on any atom is 0.254 e. The van der Waals surface area contributed by atoms with E-state index >= 15 is 0 Å². The van der Waals surface area contributed by atoms with E-state index in [0.29, 0.717) is 6.54 Å². The minimum atomic E-state index is 0.0205. The first-order valence-corrected chi connectivity index (χ1v) is 6.76. The summed E-state index contributed by atoms with van der Waals surface area (Å²) in [6, 6.07) is 11.6. The molecule has 0 aliphatic carbocycles. The number of hydrogen-bond donors (Lipinski definition) is 1. The number of carbonyl (C=O) groups excluding carboxylic acids is 1. The van der Waals surface area contributed by atoms with E-state index in [2.05, 4.69) is 10.3 Å². The predicted molar refractivity (Wildman–Crippen MR) is 78.7 cm³/mol. The maximum absolute atomic E-state index is 12.4. The second-order valence-corrected chi connectivity index (χ2v) is 5.03. The van der Waals surface area contributed by atoms with Gasteiger partial charge in [0, 0.05) is 31.0 Å². The molecule has 0 fully saturated rings. The highest BCUT2D eigenvalue weighted by Crippen LogP contribution is 2.23. The van der Waals surface area contributed by atoms with Gasteiger partial charge in [0.2, 0.25) is 0 Å². The Hall–Kier alpha value is -2.36. The molecule has 20 heavy (non-hydrogen) atoms. The van der Waals surface area contributed by atoms with Crippen molar-refractivity contribution in [2.45, 2.75) is 13.0 Å². The molecule has 4 nitrogen and oxygen atoms in total. The predicted octanol–water partition coefficient (Wildman–Crippen LogP) is 2.32. The van der Waals surface area contributed by atoms with Gasteiger partial charge in [-0.05, 0) is 36.2 Å². The van der Waals surface area contributed by atoms with Gasteiger partial charge < -0.3 is 10.2 Å². The van der Waals surface area contributed by atoms with Crippen molar-refractivity contribution in [2.24, 2.45) is 0 Å². The third kappa shape index (κ3) is 2.50. The number of hydrogen-bond acceptors (Lipinski definition) is 3. The Labute approximate surface area is 118 Å². The van der Waals surface area contributed by atoms with Crippen LogP contribution in [0.15, 0.2) is 42.6 Å². The van der Waals surface area contributed by atoms with Gasteiger partial charge in [0.1, 0.15) is 0 Å². The Bertz CT molecular complexity index is 625. The molecule has 3 rings (SSSR count). The Morgan fingerprint density at radius 3 is 3.05 bits per heavy atom. The molecule has 0 unspecified atom stereocenters. The van der Waals surface area contributed by atoms with Gasteiger partial charge in [-0.1, -0.05) is 12.1 Å². The zero-order valence-corrected chi connectivity index (χ0v) is 11.5. The highest BCUT2D eigenvalue weighted by molar-refractivity contribution is 5.95. The van der Waals surface area contributed by atoms with Crippen LogP contribution in [0.3, 0.4) is 0 Å². The monoisotopic (exact) mass is 267 g/mol. The van der Waals surface area contributed by atoms with Crippen molar-refractivity contribution in [1.82, 2.24) is 9.88 Å². The molecule has 102 valence electrons. The minimum Gasteiger partial charge on any atom is -0.384 e. The van der Waals surface area contributed by atoms with E-state index in [9.17, 15) is 4.79 Å². The number of nitrogens with one attached hydrogen (secondary N) is 1. The zero-order valence-electron chi connectivity index (χ0n) is 11.5. The molecular weight excluding hydrogens is 250 g/mol. The van der Waals surface area contributed by atoms with Crippen LogP contribution in [-0.2, 0) is 13.0 Å². The molecule has 0 atom stereocenters. The van der Waals surface area contributed by atoms with E-state index in [-0.39, 0.29) is 5.91 Å². The fourth-order valence-corrected chi connectivity index (χ4v) is 2.45. The van der Waals surface area contributed by atoms with Gasteiger partial charge in [-0.2, -0.15) is 0 Å². The number of nitrogens with zero attached hydrogens (tertiary/aromatic N) is 2. The van der Waals surface area contributed by atoms with E-state index < -0.39 is 0 Å². The van der Waals surface area contributed by atoms with E-state index in [1.165, 1.54) is 5.56 Å². The van der Waals surface area contributed by atoms with Crippen molar-refractivity contribution in [1.29, 1.82) is 0 Å². The topological polar surface area (TPSA) is 45.2 Å². The van der Waals surface area contributed by atoms with Crippen LogP contribution >= 0.6 is 0 Å². The normalized spacial score (nSPS) is 12.7. The summed E-state index contributed by atoms with van der Waals surface area (Å²) in [5.41, 5.74) is 3.98. The lowest BCUT2D eigenvalue weighted by Crippen LogP contribution is -2.26. The SMILES string of the molecule is CN(Cc1ccccn1)C(=O)c1ccc2c(c1)NCC2. The number of rotatable bonds is 3. The summed E-state index contributed by atoms with van der Waals surface area (Å²) in [5, 5.41) is 3.30. The summed E-state index contributed by atoms with van der Waals surface area (Å²) in [7, 11) is 1.80. The second-order valence-electron chi connectivity index (χ2n) is 5.03. The number of fused-ring (bicyclic) bond motifs is 1. The molecule has 4 heteroatoms. The number of carbonyl (C=O) groups is 1. The molecule has 2 heterocycles. The molecule has 1 aromatic carbocycles. The third-order valence-corrected chi connectivity index (χ3v) is 3.54. The van der Waals surface area contributed by atoms with E-state index in [0.717, 1.165) is 29.9 Å². The molecule has 0 radical (unpaired) electrons. The summed E-state index contributed by atoms with van der Waals surface area (Å²) in [6.07, 6.45) is 2.78. The summed E-state index contributed by atoms with van der Waals surface area (Å²) in [6.45, 7) is 1.47. The van der Waals surface area contributed by atoms with Crippen LogP contribution in [0.2, 0.25) is 0 Å². The van der Waals surface area contributed by atoms with Crippen LogP contribution in [0.5, 0.6) is 0 Å². The molecule has 1 amide bonds. The molecule has 1 aliphatic heterocycles. The van der Waals surface area contributed by atoms with Crippen molar-refractivity contribution in [3.8, 4) is 0 Å². The second kappa shape index (κ2) is 5.33. The van der Waals surface area contributed by atoms with Crippen LogP contribution in [0.25, 0.3) is 0 Å². The maximum atomic E-state index is 12.4. The highest BCUT2D eigenvalue weighted by atomic mass is 16.2. The van der Waals surface area contributed by atoms with Crippen molar-refractivity contribution >= 4 is 11.6 Å². The average Bonchev–Trinajstić information content (AvgIpc) is 2.94. The number of pyridine rings is 1. The average molecular weight is 267 g/mol. The van der Waals surface area contributed by atoms with Gasteiger partial charge in [-0.3, -0.25) is 9.78 Å². The largest absolute Gasteiger partial charge is 0.384 e. The third-order valence-electron chi connectivity index (χ3n) is 3.54. The molecule has 0 bridgehead atoms. The molecule has 1 N–H and O–H groups in total. The van der Waals surface area contributed by atoms with Gasteiger partial charge in [0.25, 0.3) is 5.91 Å². The van der Waals surface area contributed by atoms with Gasteiger partial charge in [0.05, 0.1) is 12.2 Å². The quantitative estimate of drug-likeness (QED) is 0.928. The first-order chi connectivity index (χ1) is 9.74.